The van der Waals surface area contributed by atoms with Crippen molar-refractivity contribution in [2.75, 3.05) is 18.4 Å². The second-order valence-electron chi connectivity index (χ2n) is 6.19. The standard InChI is InChI=1S/C18H19N5O2/c24-18(25)14-7-10-20-17-15(14)22-16(23-17)11-1-3-12(4-2-11)21-13-5-8-19-9-6-13/h1-4,7,10,13,19,21H,5-6,8-9H2,(H,24,25)(H,20,22,23). The zero-order chi connectivity index (χ0) is 17.2. The van der Waals surface area contributed by atoms with Gasteiger partial charge in [-0.25, -0.2) is 14.8 Å². The van der Waals surface area contributed by atoms with E-state index in [1.54, 1.807) is 0 Å². The number of fused-ring (bicyclic) bond motifs is 1. The number of imidazole rings is 1. The monoisotopic (exact) mass is 337 g/mol. The number of anilines is 1. The van der Waals surface area contributed by atoms with Crippen LogP contribution >= 0.6 is 0 Å². The molecule has 4 rings (SSSR count). The molecule has 0 atom stereocenters. The fourth-order valence-electron chi connectivity index (χ4n) is 3.15. The van der Waals surface area contributed by atoms with E-state index in [9.17, 15) is 9.90 Å². The van der Waals surface area contributed by atoms with Crippen molar-refractivity contribution in [1.82, 2.24) is 20.3 Å². The fraction of sp³-hybridized carbons (Fsp3) is 0.278. The van der Waals surface area contributed by atoms with Gasteiger partial charge in [-0.1, -0.05) is 0 Å². The maximum atomic E-state index is 11.3. The van der Waals surface area contributed by atoms with Crippen LogP contribution in [0.15, 0.2) is 36.5 Å². The van der Waals surface area contributed by atoms with Crippen LogP contribution in [0, 0.1) is 0 Å². The van der Waals surface area contributed by atoms with Crippen molar-refractivity contribution in [2.45, 2.75) is 18.9 Å². The average Bonchev–Trinajstić information content (AvgIpc) is 3.07. The summed E-state index contributed by atoms with van der Waals surface area (Å²) in [5, 5.41) is 16.2. The summed E-state index contributed by atoms with van der Waals surface area (Å²) >= 11 is 0. The molecule has 2 aromatic heterocycles. The molecule has 7 nitrogen and oxygen atoms in total. The Labute approximate surface area is 144 Å². The molecule has 0 saturated carbocycles. The minimum absolute atomic E-state index is 0.174. The Morgan fingerprint density at radius 1 is 1.16 bits per heavy atom. The Bertz CT molecular complexity index is 897. The molecule has 1 saturated heterocycles. The first-order valence-electron chi connectivity index (χ1n) is 8.36. The van der Waals surface area contributed by atoms with Crippen molar-refractivity contribution in [3.05, 3.63) is 42.1 Å². The lowest BCUT2D eigenvalue weighted by atomic mass is 10.1. The fourth-order valence-corrected chi connectivity index (χ4v) is 3.15. The number of carboxylic acids is 1. The van der Waals surface area contributed by atoms with Gasteiger partial charge in [-0.3, -0.25) is 0 Å². The Morgan fingerprint density at radius 3 is 2.64 bits per heavy atom. The van der Waals surface area contributed by atoms with Gasteiger partial charge in [-0.2, -0.15) is 0 Å². The number of piperidine rings is 1. The summed E-state index contributed by atoms with van der Waals surface area (Å²) < 4.78 is 0. The number of hydrogen-bond donors (Lipinski definition) is 4. The predicted octanol–water partition coefficient (Wildman–Crippen LogP) is 2.49. The van der Waals surface area contributed by atoms with Gasteiger partial charge < -0.3 is 20.7 Å². The van der Waals surface area contributed by atoms with Crippen molar-refractivity contribution in [3.8, 4) is 11.4 Å². The molecule has 0 amide bonds. The molecule has 128 valence electrons. The molecule has 1 fully saturated rings. The van der Waals surface area contributed by atoms with E-state index in [1.165, 1.54) is 12.3 Å². The number of carboxylic acid groups (broad SMARTS) is 1. The number of H-pyrrole nitrogens is 1. The van der Waals surface area contributed by atoms with Crippen LogP contribution in [-0.2, 0) is 0 Å². The van der Waals surface area contributed by atoms with Gasteiger partial charge in [0.2, 0.25) is 0 Å². The van der Waals surface area contributed by atoms with Gasteiger partial charge >= 0.3 is 5.97 Å². The second-order valence-corrected chi connectivity index (χ2v) is 6.19. The topological polar surface area (TPSA) is 103 Å². The molecule has 4 N–H and O–H groups in total. The second kappa shape index (κ2) is 6.52. The van der Waals surface area contributed by atoms with E-state index in [0.29, 0.717) is 23.0 Å². The largest absolute Gasteiger partial charge is 0.478 e. The van der Waals surface area contributed by atoms with Gasteiger partial charge in [0.05, 0.1) is 11.1 Å². The smallest absolute Gasteiger partial charge is 0.338 e. The summed E-state index contributed by atoms with van der Waals surface area (Å²) in [6, 6.07) is 9.97. The summed E-state index contributed by atoms with van der Waals surface area (Å²) in [5.74, 6) is -0.381. The molecule has 3 aromatic rings. The van der Waals surface area contributed by atoms with Gasteiger partial charge in [0, 0.05) is 23.5 Å². The van der Waals surface area contributed by atoms with Crippen molar-refractivity contribution >= 4 is 22.8 Å². The lowest BCUT2D eigenvalue weighted by Gasteiger charge is -2.24. The minimum atomic E-state index is -0.996. The lowest BCUT2D eigenvalue weighted by Crippen LogP contribution is -2.35. The summed E-state index contributed by atoms with van der Waals surface area (Å²) in [6.45, 7) is 2.10. The normalized spacial score (nSPS) is 15.4. The van der Waals surface area contributed by atoms with Gasteiger partial charge in [0.25, 0.3) is 0 Å². The zero-order valence-electron chi connectivity index (χ0n) is 13.6. The molecule has 1 aromatic carbocycles. The van der Waals surface area contributed by atoms with Crippen LogP contribution in [0.4, 0.5) is 5.69 Å². The van der Waals surface area contributed by atoms with E-state index in [1.807, 2.05) is 24.3 Å². The van der Waals surface area contributed by atoms with E-state index >= 15 is 0 Å². The van der Waals surface area contributed by atoms with Crippen LogP contribution in [0.25, 0.3) is 22.6 Å². The Morgan fingerprint density at radius 2 is 1.92 bits per heavy atom. The van der Waals surface area contributed by atoms with E-state index in [0.717, 1.165) is 37.2 Å². The summed E-state index contributed by atoms with van der Waals surface area (Å²) in [5.41, 5.74) is 3.00. The lowest BCUT2D eigenvalue weighted by molar-refractivity contribution is 0.0698. The number of aromatic nitrogens is 3. The number of aromatic carboxylic acids is 1. The van der Waals surface area contributed by atoms with Crippen LogP contribution < -0.4 is 10.6 Å². The number of nitrogens with zero attached hydrogens (tertiary/aromatic N) is 2. The van der Waals surface area contributed by atoms with Crippen molar-refractivity contribution in [2.24, 2.45) is 0 Å². The highest BCUT2D eigenvalue weighted by atomic mass is 16.4. The van der Waals surface area contributed by atoms with Gasteiger partial charge in [-0.15, -0.1) is 0 Å². The maximum absolute atomic E-state index is 11.3. The molecule has 3 heterocycles. The zero-order valence-corrected chi connectivity index (χ0v) is 13.6. The van der Waals surface area contributed by atoms with E-state index in [-0.39, 0.29) is 5.56 Å². The number of carbonyl (C=O) groups is 1. The van der Waals surface area contributed by atoms with Crippen LogP contribution in [0.5, 0.6) is 0 Å². The number of pyridine rings is 1. The predicted molar refractivity (Wildman–Crippen MR) is 95.8 cm³/mol. The first-order chi connectivity index (χ1) is 12.2. The Hall–Kier alpha value is -2.93. The summed E-state index contributed by atoms with van der Waals surface area (Å²) in [7, 11) is 0. The average molecular weight is 337 g/mol. The maximum Gasteiger partial charge on any atom is 0.338 e. The quantitative estimate of drug-likeness (QED) is 0.583. The minimum Gasteiger partial charge on any atom is -0.478 e. The molecule has 0 spiro atoms. The first kappa shape index (κ1) is 15.6. The van der Waals surface area contributed by atoms with Crippen LogP contribution in [0.1, 0.15) is 23.2 Å². The molecule has 0 unspecified atom stereocenters. The summed E-state index contributed by atoms with van der Waals surface area (Å²) in [4.78, 5) is 22.9. The van der Waals surface area contributed by atoms with Gasteiger partial charge in [-0.05, 0) is 56.3 Å². The van der Waals surface area contributed by atoms with Crippen molar-refractivity contribution in [3.63, 3.8) is 0 Å². The Balaban J connectivity index is 1.58. The molecule has 1 aliphatic rings. The van der Waals surface area contributed by atoms with E-state index in [2.05, 4.69) is 25.6 Å². The van der Waals surface area contributed by atoms with Gasteiger partial charge in [0.15, 0.2) is 5.65 Å². The third-order valence-electron chi connectivity index (χ3n) is 4.49. The molecule has 0 bridgehead atoms. The SMILES string of the molecule is O=C(O)c1ccnc2nc(-c3ccc(NC4CCNCC4)cc3)[nH]c12. The number of benzene rings is 1. The highest BCUT2D eigenvalue weighted by Crippen LogP contribution is 2.23. The molecule has 0 aliphatic carbocycles. The molecule has 0 radical (unpaired) electrons. The highest BCUT2D eigenvalue weighted by Gasteiger charge is 2.15. The molecular formula is C18H19N5O2. The molecule has 7 heteroatoms. The Kier molecular flexibility index (Phi) is 4.07. The first-order valence-corrected chi connectivity index (χ1v) is 8.36. The van der Waals surface area contributed by atoms with E-state index < -0.39 is 5.97 Å². The third-order valence-corrected chi connectivity index (χ3v) is 4.49. The highest BCUT2D eigenvalue weighted by molar-refractivity contribution is 6.00. The van der Waals surface area contributed by atoms with E-state index in [4.69, 9.17) is 0 Å². The molecular weight excluding hydrogens is 318 g/mol. The third kappa shape index (κ3) is 3.18. The van der Waals surface area contributed by atoms with Gasteiger partial charge in [0.1, 0.15) is 5.82 Å². The van der Waals surface area contributed by atoms with Crippen LogP contribution in [0.3, 0.4) is 0 Å². The van der Waals surface area contributed by atoms with Crippen LogP contribution in [-0.4, -0.2) is 45.2 Å². The summed E-state index contributed by atoms with van der Waals surface area (Å²) in [6.07, 6.45) is 3.70. The number of nitrogens with one attached hydrogen (secondary N) is 3. The molecule has 1 aliphatic heterocycles. The van der Waals surface area contributed by atoms with Crippen molar-refractivity contribution < 1.29 is 9.90 Å². The number of rotatable bonds is 4. The molecule has 25 heavy (non-hydrogen) atoms. The van der Waals surface area contributed by atoms with Crippen LogP contribution in [0.2, 0.25) is 0 Å². The number of aromatic amines is 1. The number of hydrogen-bond acceptors (Lipinski definition) is 5. The van der Waals surface area contributed by atoms with Crippen molar-refractivity contribution in [1.29, 1.82) is 0 Å².